The van der Waals surface area contributed by atoms with Crippen molar-refractivity contribution in [2.75, 3.05) is 12.4 Å². The van der Waals surface area contributed by atoms with Crippen LogP contribution < -0.4 is 4.72 Å². The highest BCUT2D eigenvalue weighted by molar-refractivity contribution is 7.89. The minimum Gasteiger partial charge on any atom is -0.321 e. The molecule has 21 heavy (non-hydrogen) atoms. The van der Waals surface area contributed by atoms with Crippen LogP contribution in [0, 0.1) is 0 Å². The Bertz CT molecular complexity index is 682. The Morgan fingerprint density at radius 2 is 1.95 bits per heavy atom. The second-order valence-electron chi connectivity index (χ2n) is 4.59. The Labute approximate surface area is 129 Å². The van der Waals surface area contributed by atoms with Crippen LogP contribution in [0.5, 0.6) is 0 Å². The van der Waals surface area contributed by atoms with E-state index < -0.39 is 10.0 Å². The van der Waals surface area contributed by atoms with E-state index in [2.05, 4.69) is 14.9 Å². The summed E-state index contributed by atoms with van der Waals surface area (Å²) in [7, 11) is -1.68. The molecule has 6 nitrogen and oxygen atoms in total. The third kappa shape index (κ3) is 4.26. The summed E-state index contributed by atoms with van der Waals surface area (Å²) in [5.74, 6) is 1.25. The molecular formula is C13H17ClN4O2S. The van der Waals surface area contributed by atoms with E-state index in [-0.39, 0.29) is 11.4 Å². The predicted molar refractivity (Wildman–Crippen MR) is 80.8 cm³/mol. The van der Waals surface area contributed by atoms with Gasteiger partial charge in [0.25, 0.3) is 0 Å². The first kappa shape index (κ1) is 15.9. The third-order valence-electron chi connectivity index (χ3n) is 3.06. The number of alkyl halides is 1. The number of hydrogen-bond acceptors (Lipinski definition) is 4. The number of benzene rings is 1. The molecule has 0 aliphatic heterocycles. The number of sulfonamides is 1. The summed E-state index contributed by atoms with van der Waals surface area (Å²) in [4.78, 5) is 0.249. The van der Waals surface area contributed by atoms with Gasteiger partial charge in [-0.25, -0.2) is 13.1 Å². The first-order valence-corrected chi connectivity index (χ1v) is 8.52. The highest BCUT2D eigenvalue weighted by Crippen LogP contribution is 2.11. The average Bonchev–Trinajstić information content (AvgIpc) is 2.85. The molecule has 0 atom stereocenters. The Morgan fingerprint density at radius 3 is 2.52 bits per heavy atom. The molecule has 0 unspecified atom stereocenters. The van der Waals surface area contributed by atoms with Gasteiger partial charge in [-0.1, -0.05) is 12.1 Å². The standard InChI is InChI=1S/C13H17ClN4O2S/c1-18-10-15-17-13(18)7-9-16-21(19,20)12-4-2-11(3-5-12)6-8-14/h2-5,10,16H,6-9H2,1H3. The van der Waals surface area contributed by atoms with E-state index in [0.717, 1.165) is 17.8 Å². The van der Waals surface area contributed by atoms with Gasteiger partial charge >= 0.3 is 0 Å². The molecule has 1 aromatic heterocycles. The SMILES string of the molecule is Cn1cnnc1CCNS(=O)(=O)c1ccc(CCCl)cc1. The van der Waals surface area contributed by atoms with Gasteiger partial charge < -0.3 is 4.57 Å². The van der Waals surface area contributed by atoms with E-state index in [1.807, 2.05) is 7.05 Å². The Kier molecular flexibility index (Phi) is 5.33. The maximum atomic E-state index is 12.1. The smallest absolute Gasteiger partial charge is 0.240 e. The highest BCUT2D eigenvalue weighted by Gasteiger charge is 2.13. The highest BCUT2D eigenvalue weighted by atomic mass is 35.5. The number of aryl methyl sites for hydroxylation is 2. The second-order valence-corrected chi connectivity index (χ2v) is 6.73. The molecule has 114 valence electrons. The zero-order valence-corrected chi connectivity index (χ0v) is 13.2. The van der Waals surface area contributed by atoms with Crippen LogP contribution in [0.15, 0.2) is 35.5 Å². The normalized spacial score (nSPS) is 11.7. The molecular weight excluding hydrogens is 312 g/mol. The minimum absolute atomic E-state index is 0.249. The summed E-state index contributed by atoms with van der Waals surface area (Å²) in [5.41, 5.74) is 1.02. The van der Waals surface area contributed by atoms with Crippen LogP contribution in [0.1, 0.15) is 11.4 Å². The van der Waals surface area contributed by atoms with Crippen LogP contribution in [-0.4, -0.2) is 35.6 Å². The van der Waals surface area contributed by atoms with E-state index in [1.54, 1.807) is 35.2 Å². The summed E-state index contributed by atoms with van der Waals surface area (Å²) in [6.45, 7) is 0.276. The molecule has 0 spiro atoms. The summed E-state index contributed by atoms with van der Waals surface area (Å²) in [6, 6.07) is 6.73. The van der Waals surface area contributed by atoms with Gasteiger partial charge in [-0.05, 0) is 24.1 Å². The van der Waals surface area contributed by atoms with Gasteiger partial charge in [0, 0.05) is 25.9 Å². The van der Waals surface area contributed by atoms with Crippen molar-refractivity contribution in [1.82, 2.24) is 19.5 Å². The largest absolute Gasteiger partial charge is 0.321 e. The topological polar surface area (TPSA) is 76.9 Å². The molecule has 1 N–H and O–H groups in total. The predicted octanol–water partition coefficient (Wildman–Crippen LogP) is 1.12. The van der Waals surface area contributed by atoms with E-state index in [1.165, 1.54) is 0 Å². The molecule has 1 heterocycles. The number of nitrogens with zero attached hydrogens (tertiary/aromatic N) is 3. The van der Waals surface area contributed by atoms with Gasteiger partial charge in [0.1, 0.15) is 12.2 Å². The van der Waals surface area contributed by atoms with E-state index >= 15 is 0 Å². The number of nitrogens with one attached hydrogen (secondary N) is 1. The lowest BCUT2D eigenvalue weighted by molar-refractivity contribution is 0.580. The zero-order valence-electron chi connectivity index (χ0n) is 11.7. The number of hydrogen-bond donors (Lipinski definition) is 1. The summed E-state index contributed by atoms with van der Waals surface area (Å²) in [6.07, 6.45) is 2.79. The molecule has 0 bridgehead atoms. The lowest BCUT2D eigenvalue weighted by Gasteiger charge is -2.07. The van der Waals surface area contributed by atoms with Gasteiger partial charge in [-0.15, -0.1) is 21.8 Å². The Morgan fingerprint density at radius 1 is 1.24 bits per heavy atom. The van der Waals surface area contributed by atoms with Gasteiger partial charge in [-0.3, -0.25) is 0 Å². The van der Waals surface area contributed by atoms with E-state index in [0.29, 0.717) is 12.3 Å². The van der Waals surface area contributed by atoms with Gasteiger partial charge in [0.15, 0.2) is 0 Å². The van der Waals surface area contributed by atoms with Crippen LogP contribution in [0.3, 0.4) is 0 Å². The first-order chi connectivity index (χ1) is 10.0. The van der Waals surface area contributed by atoms with Crippen molar-refractivity contribution < 1.29 is 8.42 Å². The maximum absolute atomic E-state index is 12.1. The monoisotopic (exact) mass is 328 g/mol. The molecule has 0 amide bonds. The van der Waals surface area contributed by atoms with Crippen LogP contribution in [-0.2, 0) is 29.9 Å². The minimum atomic E-state index is -3.50. The fraction of sp³-hybridized carbons (Fsp3) is 0.385. The van der Waals surface area contributed by atoms with Gasteiger partial charge in [0.2, 0.25) is 10.0 Å². The maximum Gasteiger partial charge on any atom is 0.240 e. The zero-order chi connectivity index (χ0) is 15.3. The molecule has 8 heteroatoms. The molecule has 0 aliphatic rings. The van der Waals surface area contributed by atoms with E-state index in [4.69, 9.17) is 11.6 Å². The van der Waals surface area contributed by atoms with Crippen LogP contribution >= 0.6 is 11.6 Å². The fourth-order valence-electron chi connectivity index (χ4n) is 1.86. The second kappa shape index (κ2) is 7.02. The fourth-order valence-corrected chi connectivity index (χ4v) is 3.11. The van der Waals surface area contributed by atoms with Crippen molar-refractivity contribution in [3.05, 3.63) is 42.0 Å². The molecule has 0 saturated heterocycles. The first-order valence-electron chi connectivity index (χ1n) is 6.50. The van der Waals surface area contributed by atoms with Crippen molar-refractivity contribution in [3.63, 3.8) is 0 Å². The van der Waals surface area contributed by atoms with E-state index in [9.17, 15) is 8.42 Å². The molecule has 0 aliphatic carbocycles. The van der Waals surface area contributed by atoms with Gasteiger partial charge in [0.05, 0.1) is 4.90 Å². The third-order valence-corrected chi connectivity index (χ3v) is 4.73. The van der Waals surface area contributed by atoms with Crippen molar-refractivity contribution in [2.45, 2.75) is 17.7 Å². The molecule has 1 aromatic carbocycles. The van der Waals surface area contributed by atoms with Crippen molar-refractivity contribution in [1.29, 1.82) is 0 Å². The molecule has 2 aromatic rings. The van der Waals surface area contributed by atoms with Crippen LogP contribution in [0.2, 0.25) is 0 Å². The number of rotatable bonds is 7. The lowest BCUT2D eigenvalue weighted by atomic mass is 10.2. The van der Waals surface area contributed by atoms with Crippen molar-refractivity contribution in [3.8, 4) is 0 Å². The van der Waals surface area contributed by atoms with Crippen molar-refractivity contribution in [2.24, 2.45) is 7.05 Å². The molecule has 0 fully saturated rings. The Hall–Kier alpha value is -1.44. The van der Waals surface area contributed by atoms with Crippen molar-refractivity contribution >= 4 is 21.6 Å². The summed E-state index contributed by atoms with van der Waals surface area (Å²) < 4.78 is 28.6. The van der Waals surface area contributed by atoms with Crippen LogP contribution in [0.25, 0.3) is 0 Å². The summed E-state index contributed by atoms with van der Waals surface area (Å²) in [5, 5.41) is 7.65. The quantitative estimate of drug-likeness (QED) is 0.773. The average molecular weight is 329 g/mol. The number of aromatic nitrogens is 3. The lowest BCUT2D eigenvalue weighted by Crippen LogP contribution is -2.26. The molecule has 2 rings (SSSR count). The molecule has 0 radical (unpaired) electrons. The Balaban J connectivity index is 1.96. The molecule has 0 saturated carbocycles. The van der Waals surface area contributed by atoms with Crippen LogP contribution in [0.4, 0.5) is 0 Å². The summed E-state index contributed by atoms with van der Waals surface area (Å²) >= 11 is 5.65. The number of halogens is 1. The van der Waals surface area contributed by atoms with Gasteiger partial charge in [-0.2, -0.15) is 0 Å².